The number of hydrogen-bond acceptors (Lipinski definition) is 0. The lowest BCUT2D eigenvalue weighted by Gasteiger charge is -2.29. The van der Waals surface area contributed by atoms with Gasteiger partial charge in [0.1, 0.15) is 7.85 Å². The molecule has 0 heterocycles. The van der Waals surface area contributed by atoms with E-state index >= 15 is 0 Å². The predicted octanol–water partition coefficient (Wildman–Crippen LogP) is 7.13. The summed E-state index contributed by atoms with van der Waals surface area (Å²) in [4.78, 5) is 0. The molecule has 2 radical (unpaired) electrons. The molecule has 134 valence electrons. The van der Waals surface area contributed by atoms with Gasteiger partial charge in [-0.1, -0.05) is 84.9 Å². The van der Waals surface area contributed by atoms with Gasteiger partial charge in [0, 0.05) is 0 Å². The molecule has 0 saturated heterocycles. The van der Waals surface area contributed by atoms with Gasteiger partial charge in [-0.15, -0.1) is 12.6 Å². The third kappa shape index (κ3) is 11.3. The van der Waals surface area contributed by atoms with Crippen LogP contribution in [0.3, 0.4) is 0 Å². The van der Waals surface area contributed by atoms with E-state index in [9.17, 15) is 0 Å². The average Bonchev–Trinajstić information content (AvgIpc) is 2.56. The molecule has 1 aromatic rings. The van der Waals surface area contributed by atoms with E-state index in [2.05, 4.69) is 79.9 Å². The van der Waals surface area contributed by atoms with E-state index in [1.165, 1.54) is 22.7 Å². The molecular weight excluding hydrogens is 287 g/mol. The Morgan fingerprint density at radius 2 is 1.54 bits per heavy atom. The van der Waals surface area contributed by atoms with E-state index in [0.717, 1.165) is 25.7 Å². The summed E-state index contributed by atoms with van der Waals surface area (Å²) in [6.07, 6.45) is 4.50. The van der Waals surface area contributed by atoms with Crippen molar-refractivity contribution in [3.8, 4) is 0 Å². The van der Waals surface area contributed by atoms with Crippen LogP contribution < -0.4 is 0 Å². The smallest absolute Gasteiger partial charge is 0.102 e. The van der Waals surface area contributed by atoms with Crippen LogP contribution in [0.1, 0.15) is 72.4 Å². The van der Waals surface area contributed by atoms with Crippen LogP contribution in [0.15, 0.2) is 49.0 Å². The van der Waals surface area contributed by atoms with Crippen molar-refractivity contribution in [2.45, 2.75) is 74.1 Å². The highest BCUT2D eigenvalue weighted by molar-refractivity contribution is 6.16. The third-order valence-electron chi connectivity index (χ3n) is 4.51. The fraction of sp³-hybridized carbons (Fsp3) is 0.565. The largest absolute Gasteiger partial charge is 0.139 e. The second-order valence-electron chi connectivity index (χ2n) is 6.98. The fourth-order valence-electron chi connectivity index (χ4n) is 2.05. The first-order chi connectivity index (χ1) is 11.3. The maximum absolute atomic E-state index is 4.61. The summed E-state index contributed by atoms with van der Waals surface area (Å²) >= 11 is 0. The Morgan fingerprint density at radius 1 is 1.12 bits per heavy atom. The molecule has 0 unspecified atom stereocenters. The van der Waals surface area contributed by atoms with Crippen molar-refractivity contribution in [1.82, 2.24) is 0 Å². The van der Waals surface area contributed by atoms with Gasteiger partial charge in [-0.3, -0.25) is 0 Å². The van der Waals surface area contributed by atoms with E-state index in [1.807, 2.05) is 13.8 Å². The van der Waals surface area contributed by atoms with Crippen molar-refractivity contribution in [3.63, 3.8) is 0 Å². The topological polar surface area (TPSA) is 0 Å². The Kier molecular flexibility index (Phi) is 14.7. The molecule has 0 aliphatic carbocycles. The van der Waals surface area contributed by atoms with Crippen LogP contribution >= 0.6 is 0 Å². The van der Waals surface area contributed by atoms with Crippen molar-refractivity contribution in [1.29, 1.82) is 0 Å². The summed E-state index contributed by atoms with van der Waals surface area (Å²) in [5.41, 5.74) is 4.61. The van der Waals surface area contributed by atoms with Gasteiger partial charge in [0.15, 0.2) is 0 Å². The van der Waals surface area contributed by atoms with Gasteiger partial charge >= 0.3 is 0 Å². The van der Waals surface area contributed by atoms with Gasteiger partial charge in [0.05, 0.1) is 0 Å². The second kappa shape index (κ2) is 14.1. The monoisotopic (exact) mass is 326 g/mol. The average molecular weight is 326 g/mol. The molecule has 0 aliphatic rings. The van der Waals surface area contributed by atoms with Crippen molar-refractivity contribution in [3.05, 3.63) is 60.1 Å². The molecule has 1 heteroatoms. The second-order valence-corrected chi connectivity index (χ2v) is 6.98. The van der Waals surface area contributed by atoms with Gasteiger partial charge in [0.2, 0.25) is 0 Å². The van der Waals surface area contributed by atoms with Crippen LogP contribution in [0.4, 0.5) is 0 Å². The van der Waals surface area contributed by atoms with Crippen LogP contribution in [0.25, 0.3) is 0 Å². The van der Waals surface area contributed by atoms with Crippen LogP contribution in [0.5, 0.6) is 0 Å². The number of hydrogen-bond donors (Lipinski definition) is 0. The number of rotatable bonds is 7. The van der Waals surface area contributed by atoms with Gasteiger partial charge in [-0.25, -0.2) is 0 Å². The normalized spacial score (nSPS) is 10.2. The van der Waals surface area contributed by atoms with Gasteiger partial charge in [-0.05, 0) is 48.1 Å². The minimum Gasteiger partial charge on any atom is -0.139 e. The minimum atomic E-state index is 0.373. The SMILES string of the molecule is C=C(CC)CCc1ccc(CC(C)(C)C(C)C)cc1.CC.[B]C=C. The zero-order valence-electron chi connectivity index (χ0n) is 17.3. The molecule has 0 atom stereocenters. The highest BCUT2D eigenvalue weighted by atomic mass is 14.3. The third-order valence-corrected chi connectivity index (χ3v) is 4.51. The Bertz CT molecular complexity index is 438. The zero-order chi connectivity index (χ0) is 19.2. The highest BCUT2D eigenvalue weighted by Crippen LogP contribution is 2.30. The lowest BCUT2D eigenvalue weighted by molar-refractivity contribution is 0.248. The first kappa shape index (κ1) is 25.0. The molecule has 0 aromatic heterocycles. The summed E-state index contributed by atoms with van der Waals surface area (Å²) in [6.45, 7) is 22.7. The summed E-state index contributed by atoms with van der Waals surface area (Å²) in [5, 5.41) is 0. The quantitative estimate of drug-likeness (QED) is 0.369. The van der Waals surface area contributed by atoms with Crippen LogP contribution in [-0.4, -0.2) is 7.85 Å². The Balaban J connectivity index is 0. The Hall–Kier alpha value is -1.24. The molecule has 0 fully saturated rings. The van der Waals surface area contributed by atoms with Crippen LogP contribution in [0.2, 0.25) is 0 Å². The number of allylic oxidation sites excluding steroid dienone is 1. The molecule has 24 heavy (non-hydrogen) atoms. The predicted molar refractivity (Wildman–Crippen MR) is 114 cm³/mol. The maximum Gasteiger partial charge on any atom is 0.102 e. The molecule has 0 amide bonds. The minimum absolute atomic E-state index is 0.373. The summed E-state index contributed by atoms with van der Waals surface area (Å²) in [7, 11) is 4.61. The van der Waals surface area contributed by atoms with Crippen molar-refractivity contribution in [2.24, 2.45) is 11.3 Å². The summed E-state index contributed by atoms with van der Waals surface area (Å²) in [6, 6.07) is 9.17. The number of aryl methyl sites for hydroxylation is 1. The van der Waals surface area contributed by atoms with Crippen molar-refractivity contribution < 1.29 is 0 Å². The first-order valence-electron chi connectivity index (χ1n) is 9.33. The summed E-state index contributed by atoms with van der Waals surface area (Å²) < 4.78 is 0. The van der Waals surface area contributed by atoms with Crippen molar-refractivity contribution >= 4 is 7.85 Å². The lowest BCUT2D eigenvalue weighted by atomic mass is 9.76. The summed E-state index contributed by atoms with van der Waals surface area (Å²) in [5.74, 6) is 1.96. The van der Waals surface area contributed by atoms with E-state index in [1.54, 1.807) is 0 Å². The molecule has 0 spiro atoms. The van der Waals surface area contributed by atoms with Gasteiger partial charge < -0.3 is 0 Å². The molecule has 0 aliphatic heterocycles. The van der Waals surface area contributed by atoms with Crippen molar-refractivity contribution in [2.75, 3.05) is 0 Å². The zero-order valence-corrected chi connectivity index (χ0v) is 17.3. The van der Waals surface area contributed by atoms with E-state index in [0.29, 0.717) is 11.3 Å². The molecule has 0 saturated carbocycles. The molecule has 0 nitrogen and oxygen atoms in total. The lowest BCUT2D eigenvalue weighted by Crippen LogP contribution is -2.21. The molecule has 0 N–H and O–H groups in total. The molecular formula is C23H39B. The van der Waals surface area contributed by atoms with Gasteiger partial charge in [-0.2, -0.15) is 0 Å². The van der Waals surface area contributed by atoms with E-state index in [4.69, 9.17) is 0 Å². The highest BCUT2D eigenvalue weighted by Gasteiger charge is 2.22. The Morgan fingerprint density at radius 3 is 1.92 bits per heavy atom. The molecule has 1 rings (SSSR count). The molecule has 0 bridgehead atoms. The van der Waals surface area contributed by atoms with Crippen LogP contribution in [-0.2, 0) is 12.8 Å². The van der Waals surface area contributed by atoms with Gasteiger partial charge in [0.25, 0.3) is 0 Å². The molecule has 1 aromatic carbocycles. The standard InChI is InChI=1S/C19H30.C2H3B.C2H6/c1-7-16(4)8-9-17-10-12-18(13-11-17)14-19(5,6)15(2)3;1-2-3;1-2/h10-13,15H,4,7-9,14H2,1-3,5-6H3;2H,1H2;1-2H3. The van der Waals surface area contributed by atoms with E-state index in [-0.39, 0.29) is 0 Å². The van der Waals surface area contributed by atoms with Crippen LogP contribution in [0, 0.1) is 11.3 Å². The van der Waals surface area contributed by atoms with E-state index < -0.39 is 0 Å². The Labute approximate surface area is 153 Å². The maximum atomic E-state index is 4.61. The first-order valence-corrected chi connectivity index (χ1v) is 9.33. The fourth-order valence-corrected chi connectivity index (χ4v) is 2.05. The number of benzene rings is 1.